The molecule has 7 nitrogen and oxygen atoms in total. The molecule has 0 saturated carbocycles. The Labute approximate surface area is 159 Å². The molecular formula is C19H15N5O2S. The van der Waals surface area contributed by atoms with Crippen LogP contribution in [-0.2, 0) is 0 Å². The van der Waals surface area contributed by atoms with Crippen LogP contribution in [0.1, 0.15) is 10.5 Å². The molecule has 3 heterocycles. The summed E-state index contributed by atoms with van der Waals surface area (Å²) in [5.41, 5.74) is 2.62. The monoisotopic (exact) mass is 377 g/mol. The van der Waals surface area contributed by atoms with Crippen LogP contribution in [0, 0.1) is 0 Å². The minimum Gasteiger partial charge on any atom is -0.497 e. The Bertz CT molecular complexity index is 1060. The first kappa shape index (κ1) is 16.9. The van der Waals surface area contributed by atoms with E-state index in [-0.39, 0.29) is 5.91 Å². The molecule has 1 N–H and O–H groups in total. The molecule has 134 valence electrons. The van der Waals surface area contributed by atoms with E-state index in [1.54, 1.807) is 30.3 Å². The van der Waals surface area contributed by atoms with Crippen LogP contribution in [0.3, 0.4) is 0 Å². The van der Waals surface area contributed by atoms with Crippen molar-refractivity contribution in [1.29, 1.82) is 0 Å². The van der Waals surface area contributed by atoms with Crippen LogP contribution in [0.2, 0.25) is 0 Å². The van der Waals surface area contributed by atoms with E-state index in [4.69, 9.17) is 4.74 Å². The fourth-order valence-corrected chi connectivity index (χ4v) is 3.15. The molecule has 0 fully saturated rings. The molecule has 27 heavy (non-hydrogen) atoms. The number of carbonyl (C=O) groups excluding carboxylic acids is 1. The van der Waals surface area contributed by atoms with Gasteiger partial charge in [-0.25, -0.2) is 9.67 Å². The van der Waals surface area contributed by atoms with Gasteiger partial charge in [0.2, 0.25) is 0 Å². The predicted octanol–water partition coefficient (Wildman–Crippen LogP) is 3.65. The summed E-state index contributed by atoms with van der Waals surface area (Å²) in [6.45, 7) is 0. The molecule has 0 atom stereocenters. The molecule has 0 aliphatic heterocycles. The third kappa shape index (κ3) is 3.70. The van der Waals surface area contributed by atoms with Gasteiger partial charge in [0.1, 0.15) is 11.4 Å². The third-order valence-electron chi connectivity index (χ3n) is 3.81. The summed E-state index contributed by atoms with van der Waals surface area (Å²) in [6.07, 6.45) is 3.44. The van der Waals surface area contributed by atoms with Crippen LogP contribution >= 0.6 is 11.3 Å². The molecule has 3 aromatic heterocycles. The van der Waals surface area contributed by atoms with Gasteiger partial charge in [0.15, 0.2) is 10.8 Å². The molecule has 0 aliphatic carbocycles. The van der Waals surface area contributed by atoms with Gasteiger partial charge in [-0.3, -0.25) is 15.1 Å². The van der Waals surface area contributed by atoms with Gasteiger partial charge >= 0.3 is 0 Å². The Morgan fingerprint density at radius 3 is 2.70 bits per heavy atom. The summed E-state index contributed by atoms with van der Waals surface area (Å²) < 4.78 is 6.78. The van der Waals surface area contributed by atoms with Crippen LogP contribution in [0.5, 0.6) is 5.75 Å². The van der Waals surface area contributed by atoms with Crippen LogP contribution in [0.4, 0.5) is 5.13 Å². The molecule has 0 aliphatic rings. The van der Waals surface area contributed by atoms with Crippen molar-refractivity contribution >= 4 is 22.4 Å². The number of ether oxygens (including phenoxy) is 1. The summed E-state index contributed by atoms with van der Waals surface area (Å²) in [5, 5.41) is 9.46. The molecule has 4 aromatic rings. The summed E-state index contributed by atoms with van der Waals surface area (Å²) in [6, 6.07) is 14.7. The maximum Gasteiger partial charge on any atom is 0.277 e. The smallest absolute Gasteiger partial charge is 0.277 e. The maximum absolute atomic E-state index is 12.4. The van der Waals surface area contributed by atoms with Gasteiger partial charge in [-0.15, -0.1) is 11.3 Å². The maximum atomic E-state index is 12.4. The number of hydrogen-bond acceptors (Lipinski definition) is 6. The fraction of sp³-hybridized carbons (Fsp3) is 0.0526. The average Bonchev–Trinajstić information content (AvgIpc) is 3.39. The number of nitrogens with one attached hydrogen (secondary N) is 1. The van der Waals surface area contributed by atoms with Crippen molar-refractivity contribution in [3.05, 3.63) is 72.0 Å². The van der Waals surface area contributed by atoms with Gasteiger partial charge in [0.25, 0.3) is 5.91 Å². The zero-order valence-corrected chi connectivity index (χ0v) is 15.2. The molecule has 0 saturated heterocycles. The Morgan fingerprint density at radius 1 is 1.11 bits per heavy atom. The number of carbonyl (C=O) groups is 1. The molecule has 1 amide bonds. The number of pyridine rings is 1. The van der Waals surface area contributed by atoms with Crippen LogP contribution < -0.4 is 10.1 Å². The number of thiazole rings is 1. The van der Waals surface area contributed by atoms with Gasteiger partial charge < -0.3 is 4.74 Å². The van der Waals surface area contributed by atoms with E-state index in [0.717, 1.165) is 22.8 Å². The van der Waals surface area contributed by atoms with Crippen LogP contribution in [0.25, 0.3) is 17.1 Å². The average molecular weight is 377 g/mol. The highest BCUT2D eigenvalue weighted by Crippen LogP contribution is 2.23. The van der Waals surface area contributed by atoms with Gasteiger partial charge in [0, 0.05) is 17.8 Å². The number of amides is 1. The zero-order chi connectivity index (χ0) is 18.6. The molecule has 4 rings (SSSR count). The van der Waals surface area contributed by atoms with Crippen molar-refractivity contribution in [3.8, 4) is 22.8 Å². The SMILES string of the molecule is COc1ccc(-n2ccc(C(=O)Nc3nc(-c4ccccn4)cs3)n2)cc1. The molecular weight excluding hydrogens is 362 g/mol. The van der Waals surface area contributed by atoms with E-state index in [1.165, 1.54) is 11.3 Å². The highest BCUT2D eigenvalue weighted by Gasteiger charge is 2.13. The van der Waals surface area contributed by atoms with Gasteiger partial charge in [-0.05, 0) is 42.5 Å². The lowest BCUT2D eigenvalue weighted by Gasteiger charge is -2.03. The van der Waals surface area contributed by atoms with E-state index in [0.29, 0.717) is 10.8 Å². The predicted molar refractivity (Wildman–Crippen MR) is 103 cm³/mol. The summed E-state index contributed by atoms with van der Waals surface area (Å²) in [4.78, 5) is 21.1. The van der Waals surface area contributed by atoms with Crippen molar-refractivity contribution in [3.63, 3.8) is 0 Å². The first-order chi connectivity index (χ1) is 13.2. The molecule has 0 bridgehead atoms. The summed E-state index contributed by atoms with van der Waals surface area (Å²) >= 11 is 1.34. The van der Waals surface area contributed by atoms with Crippen molar-refractivity contribution in [2.75, 3.05) is 12.4 Å². The van der Waals surface area contributed by atoms with Crippen molar-refractivity contribution in [2.45, 2.75) is 0 Å². The van der Waals surface area contributed by atoms with E-state index in [1.807, 2.05) is 47.8 Å². The number of aromatic nitrogens is 4. The Balaban J connectivity index is 1.47. The van der Waals surface area contributed by atoms with Crippen LogP contribution in [0.15, 0.2) is 66.3 Å². The molecule has 0 unspecified atom stereocenters. The molecule has 0 spiro atoms. The topological polar surface area (TPSA) is 81.9 Å². The van der Waals surface area contributed by atoms with Crippen molar-refractivity contribution in [2.24, 2.45) is 0 Å². The lowest BCUT2D eigenvalue weighted by atomic mass is 10.3. The summed E-state index contributed by atoms with van der Waals surface area (Å²) in [7, 11) is 1.61. The van der Waals surface area contributed by atoms with Gasteiger partial charge in [-0.1, -0.05) is 6.07 Å². The lowest BCUT2D eigenvalue weighted by molar-refractivity contribution is 0.102. The highest BCUT2D eigenvalue weighted by molar-refractivity contribution is 7.14. The zero-order valence-electron chi connectivity index (χ0n) is 14.4. The van der Waals surface area contributed by atoms with E-state index in [9.17, 15) is 4.79 Å². The Morgan fingerprint density at radius 2 is 1.96 bits per heavy atom. The van der Waals surface area contributed by atoms with Gasteiger partial charge in [-0.2, -0.15) is 5.10 Å². The van der Waals surface area contributed by atoms with Crippen molar-refractivity contribution in [1.82, 2.24) is 19.7 Å². The van der Waals surface area contributed by atoms with Crippen molar-refractivity contribution < 1.29 is 9.53 Å². The number of hydrogen-bond donors (Lipinski definition) is 1. The molecule has 8 heteroatoms. The number of anilines is 1. The minimum absolute atomic E-state index is 0.306. The number of rotatable bonds is 5. The number of methoxy groups -OCH3 is 1. The Hall–Kier alpha value is -3.52. The minimum atomic E-state index is -0.316. The van der Waals surface area contributed by atoms with E-state index in [2.05, 4.69) is 20.4 Å². The highest BCUT2D eigenvalue weighted by atomic mass is 32.1. The quantitative estimate of drug-likeness (QED) is 0.574. The number of nitrogens with zero attached hydrogens (tertiary/aromatic N) is 4. The third-order valence-corrected chi connectivity index (χ3v) is 4.57. The second-order valence-electron chi connectivity index (χ2n) is 5.55. The normalized spacial score (nSPS) is 10.6. The molecule has 1 aromatic carbocycles. The fourth-order valence-electron chi connectivity index (χ4n) is 2.45. The largest absolute Gasteiger partial charge is 0.497 e. The Kier molecular flexibility index (Phi) is 4.63. The standard InChI is InChI=1S/C19H15N5O2S/c1-26-14-7-5-13(6-8-14)24-11-9-16(23-24)18(25)22-19-21-17(12-27-19)15-4-2-3-10-20-15/h2-12H,1H3,(H,21,22,25). The van der Waals surface area contributed by atoms with Crippen LogP contribution in [-0.4, -0.2) is 32.8 Å². The second kappa shape index (κ2) is 7.38. The van der Waals surface area contributed by atoms with E-state index >= 15 is 0 Å². The molecule has 0 radical (unpaired) electrons. The summed E-state index contributed by atoms with van der Waals surface area (Å²) in [5.74, 6) is 0.445. The second-order valence-corrected chi connectivity index (χ2v) is 6.41. The van der Waals surface area contributed by atoms with E-state index < -0.39 is 0 Å². The first-order valence-electron chi connectivity index (χ1n) is 8.11. The number of benzene rings is 1. The lowest BCUT2D eigenvalue weighted by Crippen LogP contribution is -2.13. The van der Waals surface area contributed by atoms with Gasteiger partial charge in [0.05, 0.1) is 18.5 Å². The first-order valence-corrected chi connectivity index (χ1v) is 8.99.